The molecule has 1 unspecified atom stereocenters. The van der Waals surface area contributed by atoms with Gasteiger partial charge in [-0.15, -0.1) is 0 Å². The third kappa shape index (κ3) is 11.4. The van der Waals surface area contributed by atoms with E-state index in [0.717, 1.165) is 19.6 Å². The van der Waals surface area contributed by atoms with Gasteiger partial charge in [0.25, 0.3) is 0 Å². The molecule has 3 N–H and O–H groups in total. The molecule has 0 aromatic rings. The Balaban J connectivity index is 3.00. The first kappa shape index (κ1) is 26.3. The Morgan fingerprint density at radius 1 is 0.833 bits per heavy atom. The molecule has 0 aliphatic carbocycles. The zero-order valence-electron chi connectivity index (χ0n) is 18.7. The molecule has 1 aliphatic heterocycles. The van der Waals surface area contributed by atoms with Gasteiger partial charge in [-0.1, -0.05) is 20.8 Å². The maximum Gasteiger partial charge on any atom is 0.317 e. The highest BCUT2D eigenvalue weighted by Gasteiger charge is 2.29. The zero-order chi connectivity index (χ0) is 22.9. The van der Waals surface area contributed by atoms with E-state index >= 15 is 0 Å². The number of carbonyl (C=O) groups is 3. The van der Waals surface area contributed by atoms with E-state index in [4.69, 9.17) is 5.11 Å². The molecule has 0 bridgehead atoms. The summed E-state index contributed by atoms with van der Waals surface area (Å²) in [4.78, 5) is 41.7. The monoisotopic (exact) mass is 430 g/mol. The minimum absolute atomic E-state index is 0.0166. The first-order valence-electron chi connectivity index (χ1n) is 10.4. The maximum atomic E-state index is 11.4. The van der Waals surface area contributed by atoms with Crippen LogP contribution in [0.3, 0.4) is 0 Å². The normalized spacial score (nSPS) is 19.1. The van der Waals surface area contributed by atoms with Crippen molar-refractivity contribution in [3.05, 3.63) is 0 Å². The first-order chi connectivity index (χ1) is 13.9. The van der Waals surface area contributed by atoms with Crippen molar-refractivity contribution >= 4 is 17.9 Å². The van der Waals surface area contributed by atoms with E-state index < -0.39 is 17.9 Å². The highest BCUT2D eigenvalue weighted by molar-refractivity contribution is 5.72. The van der Waals surface area contributed by atoms with E-state index in [1.807, 2.05) is 11.9 Å². The van der Waals surface area contributed by atoms with Crippen LogP contribution in [0.2, 0.25) is 0 Å². The minimum Gasteiger partial charge on any atom is -0.480 e. The van der Waals surface area contributed by atoms with Crippen molar-refractivity contribution < 1.29 is 29.7 Å². The molecule has 10 nitrogen and oxygen atoms in total. The molecule has 10 heteroatoms. The molecule has 0 radical (unpaired) electrons. The van der Waals surface area contributed by atoms with Crippen molar-refractivity contribution in [2.75, 3.05) is 72.5 Å². The molecule has 1 heterocycles. The van der Waals surface area contributed by atoms with Crippen LogP contribution in [0.4, 0.5) is 0 Å². The maximum absolute atomic E-state index is 11.4. The van der Waals surface area contributed by atoms with Crippen LogP contribution in [0.1, 0.15) is 27.2 Å². The Bertz CT molecular complexity index is 564. The molecule has 1 aliphatic rings. The van der Waals surface area contributed by atoms with Crippen LogP contribution in [0.25, 0.3) is 0 Å². The molecular weight excluding hydrogens is 392 g/mol. The quantitative estimate of drug-likeness (QED) is 0.432. The lowest BCUT2D eigenvalue weighted by Gasteiger charge is -2.37. The second-order valence-electron chi connectivity index (χ2n) is 9.38. The predicted molar refractivity (Wildman–Crippen MR) is 113 cm³/mol. The van der Waals surface area contributed by atoms with Gasteiger partial charge in [-0.05, 0) is 18.9 Å². The number of nitrogens with zero attached hydrogens (tertiary/aromatic N) is 4. The van der Waals surface area contributed by atoms with Crippen molar-refractivity contribution in [3.63, 3.8) is 0 Å². The van der Waals surface area contributed by atoms with Crippen LogP contribution in [-0.2, 0) is 14.4 Å². The summed E-state index contributed by atoms with van der Waals surface area (Å²) >= 11 is 0. The molecule has 1 fully saturated rings. The van der Waals surface area contributed by atoms with Crippen molar-refractivity contribution in [2.45, 2.75) is 33.2 Å². The number of likely N-dealkylation sites (N-methyl/N-ethyl adjacent to an activating group) is 1. The minimum atomic E-state index is -1.05. The molecular formula is C20H38N4O6. The van der Waals surface area contributed by atoms with Gasteiger partial charge in [0.1, 0.15) is 0 Å². The average molecular weight is 431 g/mol. The van der Waals surface area contributed by atoms with E-state index in [2.05, 4.69) is 30.6 Å². The topological polar surface area (TPSA) is 125 Å². The second-order valence-corrected chi connectivity index (χ2v) is 9.38. The van der Waals surface area contributed by atoms with E-state index in [1.165, 1.54) is 4.90 Å². The van der Waals surface area contributed by atoms with Gasteiger partial charge in [-0.25, -0.2) is 0 Å². The summed E-state index contributed by atoms with van der Waals surface area (Å²) in [6.45, 7) is 10.3. The van der Waals surface area contributed by atoms with Gasteiger partial charge in [0.15, 0.2) is 0 Å². The van der Waals surface area contributed by atoms with Gasteiger partial charge < -0.3 is 20.2 Å². The van der Waals surface area contributed by atoms with E-state index in [0.29, 0.717) is 32.6 Å². The lowest BCUT2D eigenvalue weighted by Crippen LogP contribution is -2.51. The smallest absolute Gasteiger partial charge is 0.317 e. The van der Waals surface area contributed by atoms with Gasteiger partial charge in [-0.3, -0.25) is 29.1 Å². The summed E-state index contributed by atoms with van der Waals surface area (Å²) in [6, 6.07) is -0.240. The molecule has 0 aromatic carbocycles. The van der Waals surface area contributed by atoms with E-state index in [1.54, 1.807) is 0 Å². The zero-order valence-corrected chi connectivity index (χ0v) is 18.7. The highest BCUT2D eigenvalue weighted by Crippen LogP contribution is 2.24. The Kier molecular flexibility index (Phi) is 10.7. The first-order valence-corrected chi connectivity index (χ1v) is 10.4. The number of rotatable bonds is 10. The van der Waals surface area contributed by atoms with Gasteiger partial charge in [-0.2, -0.15) is 0 Å². The average Bonchev–Trinajstić information content (AvgIpc) is 2.64. The molecule has 1 rings (SSSR count). The summed E-state index contributed by atoms with van der Waals surface area (Å²) in [5.74, 6) is -2.96. The molecule has 0 aromatic heterocycles. The summed E-state index contributed by atoms with van der Waals surface area (Å²) in [5.41, 5.74) is -0.105. The standard InChI is InChI=1S/C20H38N4O6/c1-20(2,3)11-16(24(14-18(27)28)15-19(29)30)12-22-7-5-21(4)6-8-23(10-9-22)13-17(25)26/h16H,5-15H2,1-4H3,(H,25,26)(H,27,28)(H,29,30). The van der Waals surface area contributed by atoms with Crippen LogP contribution in [-0.4, -0.2) is 131 Å². The SMILES string of the molecule is CN1CCN(CC(=O)O)CCN(CC(CC(C)(C)C)N(CC(=O)O)CC(=O)O)CC1. The number of aliphatic carboxylic acids is 3. The fourth-order valence-corrected chi connectivity index (χ4v) is 3.75. The second kappa shape index (κ2) is 12.2. The summed E-state index contributed by atoms with van der Waals surface area (Å²) < 4.78 is 0. The van der Waals surface area contributed by atoms with E-state index in [-0.39, 0.29) is 31.1 Å². The lowest BCUT2D eigenvalue weighted by atomic mass is 9.87. The Labute approximate surface area is 179 Å². The third-order valence-corrected chi connectivity index (χ3v) is 5.20. The van der Waals surface area contributed by atoms with Gasteiger partial charge >= 0.3 is 17.9 Å². The Morgan fingerprint density at radius 3 is 1.77 bits per heavy atom. The summed E-state index contributed by atoms with van der Waals surface area (Å²) in [6.07, 6.45) is 0.652. The molecule has 0 spiro atoms. The largest absolute Gasteiger partial charge is 0.480 e. The molecule has 1 saturated heterocycles. The van der Waals surface area contributed by atoms with Crippen LogP contribution in [0.15, 0.2) is 0 Å². The van der Waals surface area contributed by atoms with Crippen molar-refractivity contribution in [3.8, 4) is 0 Å². The Morgan fingerprint density at radius 2 is 1.30 bits per heavy atom. The van der Waals surface area contributed by atoms with Crippen molar-refractivity contribution in [1.82, 2.24) is 19.6 Å². The number of hydrogen-bond donors (Lipinski definition) is 3. The lowest BCUT2D eigenvalue weighted by molar-refractivity contribution is -0.143. The fraction of sp³-hybridized carbons (Fsp3) is 0.850. The van der Waals surface area contributed by atoms with Gasteiger partial charge in [0.05, 0.1) is 19.6 Å². The van der Waals surface area contributed by atoms with E-state index in [9.17, 15) is 24.6 Å². The molecule has 30 heavy (non-hydrogen) atoms. The molecule has 0 saturated carbocycles. The highest BCUT2D eigenvalue weighted by atomic mass is 16.4. The number of hydrogen-bond acceptors (Lipinski definition) is 7. The molecule has 0 amide bonds. The van der Waals surface area contributed by atoms with Crippen LogP contribution in [0, 0.1) is 5.41 Å². The molecule has 1 atom stereocenters. The van der Waals surface area contributed by atoms with Crippen LogP contribution < -0.4 is 0 Å². The fourth-order valence-electron chi connectivity index (χ4n) is 3.75. The van der Waals surface area contributed by atoms with Crippen molar-refractivity contribution in [2.24, 2.45) is 5.41 Å². The van der Waals surface area contributed by atoms with Crippen LogP contribution in [0.5, 0.6) is 0 Å². The number of carboxylic acid groups (broad SMARTS) is 3. The van der Waals surface area contributed by atoms with Gasteiger partial charge in [0.2, 0.25) is 0 Å². The predicted octanol–water partition coefficient (Wildman–Crippen LogP) is -0.104. The number of carboxylic acids is 3. The third-order valence-electron chi connectivity index (χ3n) is 5.20. The van der Waals surface area contributed by atoms with Crippen LogP contribution >= 0.6 is 0 Å². The Hall–Kier alpha value is -1.75. The summed E-state index contributed by atoms with van der Waals surface area (Å²) in [5, 5.41) is 27.8. The van der Waals surface area contributed by atoms with Gasteiger partial charge in [0, 0.05) is 51.9 Å². The molecule has 174 valence electrons. The summed E-state index contributed by atoms with van der Waals surface area (Å²) in [7, 11) is 2.00. The van der Waals surface area contributed by atoms with Crippen molar-refractivity contribution in [1.29, 1.82) is 0 Å².